The Hall–Kier alpha value is -1.78. The van der Waals surface area contributed by atoms with Crippen LogP contribution in [0.3, 0.4) is 0 Å². The molecule has 0 unspecified atom stereocenters. The zero-order chi connectivity index (χ0) is 15.2. The van der Waals surface area contributed by atoms with E-state index in [9.17, 15) is 9.59 Å². The first-order chi connectivity index (χ1) is 8.57. The Labute approximate surface area is 114 Å². The fourth-order valence-electron chi connectivity index (χ4n) is 1.25. The number of hydrogen-bond acceptors (Lipinski definition) is 3. The zero-order valence-corrected chi connectivity index (χ0v) is 12.4. The Bertz CT molecular complexity index is 478. The number of rotatable bonds is 2. The van der Waals surface area contributed by atoms with Gasteiger partial charge in [-0.2, -0.15) is 0 Å². The minimum Gasteiger partial charge on any atom is -0.464 e. The Kier molecular flexibility index (Phi) is 6.32. The van der Waals surface area contributed by atoms with Crippen LogP contribution in [0, 0.1) is 5.41 Å². The van der Waals surface area contributed by atoms with Gasteiger partial charge in [-0.3, -0.25) is 4.79 Å². The summed E-state index contributed by atoms with van der Waals surface area (Å²) in [6.45, 7) is 10.7. The van der Waals surface area contributed by atoms with Gasteiger partial charge in [0.25, 0.3) is 5.56 Å². The van der Waals surface area contributed by atoms with Crippen molar-refractivity contribution in [3.05, 3.63) is 28.2 Å². The lowest BCUT2D eigenvalue weighted by molar-refractivity contribution is 0.194. The Morgan fingerprint density at radius 2 is 1.79 bits per heavy atom. The molecule has 3 N–H and O–H groups in total. The Balaban J connectivity index is 0.000000555. The highest BCUT2D eigenvalue weighted by Gasteiger charge is 2.11. The van der Waals surface area contributed by atoms with Crippen molar-refractivity contribution < 1.29 is 9.90 Å². The number of pyridine rings is 1. The summed E-state index contributed by atoms with van der Waals surface area (Å²) in [6, 6.07) is 3.00. The molecule has 0 aliphatic carbocycles. The number of nitrogen functional groups attached to an aromatic ring is 1. The zero-order valence-electron chi connectivity index (χ0n) is 12.4. The highest BCUT2D eigenvalue weighted by atomic mass is 16.4. The highest BCUT2D eigenvalue weighted by molar-refractivity contribution is 5.70. The summed E-state index contributed by atoms with van der Waals surface area (Å²) in [5.74, 6) is 0. The number of aromatic nitrogens is 1. The van der Waals surface area contributed by atoms with Crippen LogP contribution in [0.25, 0.3) is 0 Å². The highest BCUT2D eigenvalue weighted by Crippen LogP contribution is 2.08. The van der Waals surface area contributed by atoms with Crippen molar-refractivity contribution >= 4 is 11.8 Å². The van der Waals surface area contributed by atoms with E-state index in [1.165, 1.54) is 6.07 Å². The lowest BCUT2D eigenvalue weighted by Crippen LogP contribution is -2.30. The first kappa shape index (κ1) is 17.2. The molecule has 1 aromatic heterocycles. The van der Waals surface area contributed by atoms with E-state index in [2.05, 4.69) is 27.7 Å². The molecule has 1 heterocycles. The molecule has 5 heteroatoms. The molecule has 0 aliphatic rings. The Morgan fingerprint density at radius 3 is 2.16 bits per heavy atom. The maximum Gasteiger partial charge on any atom is 0.418 e. The van der Waals surface area contributed by atoms with Crippen molar-refractivity contribution in [2.24, 2.45) is 5.41 Å². The summed E-state index contributed by atoms with van der Waals surface area (Å²) in [5, 5.41) is 8.80. The van der Waals surface area contributed by atoms with Crippen LogP contribution in [-0.2, 0) is 6.42 Å². The van der Waals surface area contributed by atoms with Crippen molar-refractivity contribution in [3.8, 4) is 0 Å². The molecule has 19 heavy (non-hydrogen) atoms. The molecular formula is C14H24N2O3. The molecule has 1 aromatic rings. The van der Waals surface area contributed by atoms with E-state index in [4.69, 9.17) is 10.8 Å². The lowest BCUT2D eigenvalue weighted by atomic mass is 10.0. The molecule has 0 spiro atoms. The van der Waals surface area contributed by atoms with Gasteiger partial charge in [-0.1, -0.05) is 41.0 Å². The molecule has 0 bridgehead atoms. The average molecular weight is 268 g/mol. The average Bonchev–Trinajstić information content (AvgIpc) is 2.21. The van der Waals surface area contributed by atoms with Crippen LogP contribution >= 0.6 is 0 Å². The number of nitrogens with zero attached hydrogens (tertiary/aromatic N) is 1. The van der Waals surface area contributed by atoms with E-state index in [1.807, 2.05) is 6.92 Å². The predicted octanol–water partition coefficient (Wildman–Crippen LogP) is 2.96. The van der Waals surface area contributed by atoms with E-state index >= 15 is 0 Å². The molecule has 0 saturated heterocycles. The van der Waals surface area contributed by atoms with Gasteiger partial charge in [0.1, 0.15) is 0 Å². The maximum absolute atomic E-state index is 11.4. The monoisotopic (exact) mass is 268 g/mol. The number of carbonyl (C=O) groups is 1. The second-order valence-corrected chi connectivity index (χ2v) is 5.95. The predicted molar refractivity (Wildman–Crippen MR) is 77.7 cm³/mol. The van der Waals surface area contributed by atoms with Crippen molar-refractivity contribution in [2.45, 2.75) is 47.5 Å². The van der Waals surface area contributed by atoms with Crippen LogP contribution in [0.15, 0.2) is 16.9 Å². The molecule has 0 fully saturated rings. The number of anilines is 1. The molecule has 0 atom stereocenters. The van der Waals surface area contributed by atoms with Gasteiger partial charge in [-0.25, -0.2) is 9.36 Å². The SMILES string of the molecule is CC(C)(C)C.CCCc1ccc(N)c(=O)n1C(=O)O. The number of aryl methyl sites for hydroxylation is 1. The van der Waals surface area contributed by atoms with E-state index in [0.29, 0.717) is 22.1 Å². The molecule has 0 saturated carbocycles. The summed E-state index contributed by atoms with van der Waals surface area (Å²) in [4.78, 5) is 22.1. The van der Waals surface area contributed by atoms with E-state index < -0.39 is 11.7 Å². The molecule has 0 radical (unpaired) electrons. The summed E-state index contributed by atoms with van der Waals surface area (Å²) in [6.07, 6.45) is 0.0316. The number of carboxylic acid groups (broad SMARTS) is 1. The molecule has 0 amide bonds. The van der Waals surface area contributed by atoms with E-state index in [0.717, 1.165) is 6.42 Å². The molecule has 1 rings (SSSR count). The van der Waals surface area contributed by atoms with Crippen LogP contribution < -0.4 is 11.3 Å². The van der Waals surface area contributed by atoms with Gasteiger partial charge in [0.15, 0.2) is 0 Å². The smallest absolute Gasteiger partial charge is 0.418 e. The third-order valence-electron chi connectivity index (χ3n) is 1.89. The minimum atomic E-state index is -1.29. The van der Waals surface area contributed by atoms with Gasteiger partial charge < -0.3 is 10.8 Å². The maximum atomic E-state index is 11.4. The van der Waals surface area contributed by atoms with Crippen molar-refractivity contribution in [1.29, 1.82) is 0 Å². The van der Waals surface area contributed by atoms with Gasteiger partial charge in [-0.15, -0.1) is 0 Å². The lowest BCUT2D eigenvalue weighted by Gasteiger charge is -2.07. The van der Waals surface area contributed by atoms with Crippen LogP contribution in [0.2, 0.25) is 0 Å². The van der Waals surface area contributed by atoms with Crippen molar-refractivity contribution in [1.82, 2.24) is 4.57 Å². The summed E-state index contributed by atoms with van der Waals surface area (Å²) in [5.41, 5.74) is 5.59. The topological polar surface area (TPSA) is 85.3 Å². The van der Waals surface area contributed by atoms with Gasteiger partial charge in [0, 0.05) is 5.69 Å². The summed E-state index contributed by atoms with van der Waals surface area (Å²) >= 11 is 0. The molecular weight excluding hydrogens is 244 g/mol. The fraction of sp³-hybridized carbons (Fsp3) is 0.571. The van der Waals surface area contributed by atoms with Crippen molar-refractivity contribution in [2.75, 3.05) is 5.73 Å². The summed E-state index contributed by atoms with van der Waals surface area (Å²) < 4.78 is 0.693. The molecule has 108 valence electrons. The fourth-order valence-corrected chi connectivity index (χ4v) is 1.25. The van der Waals surface area contributed by atoms with Gasteiger partial charge in [0.2, 0.25) is 0 Å². The summed E-state index contributed by atoms with van der Waals surface area (Å²) in [7, 11) is 0. The van der Waals surface area contributed by atoms with E-state index in [1.54, 1.807) is 6.07 Å². The number of hydrogen-bond donors (Lipinski definition) is 2. The van der Waals surface area contributed by atoms with Crippen LogP contribution in [-0.4, -0.2) is 15.8 Å². The normalized spacial score (nSPS) is 10.6. The second-order valence-electron chi connectivity index (χ2n) is 5.95. The first-order valence-electron chi connectivity index (χ1n) is 6.31. The van der Waals surface area contributed by atoms with E-state index in [-0.39, 0.29) is 5.69 Å². The van der Waals surface area contributed by atoms with Crippen LogP contribution in [0.1, 0.15) is 46.7 Å². The third-order valence-corrected chi connectivity index (χ3v) is 1.89. The largest absolute Gasteiger partial charge is 0.464 e. The molecule has 0 aromatic carbocycles. The van der Waals surface area contributed by atoms with Crippen molar-refractivity contribution in [3.63, 3.8) is 0 Å². The first-order valence-corrected chi connectivity index (χ1v) is 6.31. The Morgan fingerprint density at radius 1 is 1.32 bits per heavy atom. The minimum absolute atomic E-state index is 0.0488. The standard InChI is InChI=1S/C9H12N2O3.C5H12/c1-2-3-6-4-5-7(10)8(12)11(6)9(13)14;1-5(2,3)4/h4-5H,2-3,10H2,1H3,(H,13,14);1-4H3. The van der Waals surface area contributed by atoms with Gasteiger partial charge in [0.05, 0.1) is 5.69 Å². The third kappa shape index (κ3) is 6.64. The van der Waals surface area contributed by atoms with Gasteiger partial charge in [-0.05, 0) is 24.0 Å². The molecule has 5 nitrogen and oxygen atoms in total. The van der Waals surface area contributed by atoms with Crippen LogP contribution in [0.4, 0.5) is 10.5 Å². The second kappa shape index (κ2) is 6.97. The van der Waals surface area contributed by atoms with Crippen LogP contribution in [0.5, 0.6) is 0 Å². The number of nitrogens with two attached hydrogens (primary N) is 1. The quantitative estimate of drug-likeness (QED) is 0.863. The molecule has 0 aliphatic heterocycles. The van der Waals surface area contributed by atoms with Gasteiger partial charge >= 0.3 is 6.09 Å².